The molecule has 1 atom stereocenters. The number of thiophene rings is 1. The summed E-state index contributed by atoms with van der Waals surface area (Å²) in [6.07, 6.45) is 0.872. The Morgan fingerprint density at radius 3 is 2.67 bits per heavy atom. The number of esters is 1. The molecule has 2 heterocycles. The Morgan fingerprint density at radius 1 is 1.26 bits per heavy atom. The summed E-state index contributed by atoms with van der Waals surface area (Å²) in [5, 5.41) is 0.861. The highest BCUT2D eigenvalue weighted by atomic mass is 32.1. The van der Waals surface area contributed by atoms with E-state index in [1.54, 1.807) is 23.3 Å². The van der Waals surface area contributed by atoms with Gasteiger partial charge in [-0.05, 0) is 44.0 Å². The molecule has 0 fully saturated rings. The summed E-state index contributed by atoms with van der Waals surface area (Å²) in [5.41, 5.74) is 2.07. The van der Waals surface area contributed by atoms with Crippen molar-refractivity contribution in [2.24, 2.45) is 0 Å². The lowest BCUT2D eigenvalue weighted by Gasteiger charge is -2.22. The number of fused-ring (bicyclic) bond motifs is 1. The Balaban J connectivity index is 1.61. The molecule has 7 heteroatoms. The average Bonchev–Trinajstić information content (AvgIpc) is 3.27. The number of amides is 1. The Kier molecular flexibility index (Phi) is 5.92. The van der Waals surface area contributed by atoms with E-state index in [9.17, 15) is 9.59 Å². The molecule has 0 saturated heterocycles. The first-order chi connectivity index (χ1) is 12.9. The lowest BCUT2D eigenvalue weighted by Crippen LogP contribution is -2.33. The maximum absolute atomic E-state index is 12.5. The first-order valence-electron chi connectivity index (χ1n) is 8.78. The number of rotatable bonds is 6. The molecule has 1 amide bonds. The van der Waals surface area contributed by atoms with Crippen LogP contribution in [-0.2, 0) is 16.0 Å². The highest BCUT2D eigenvalue weighted by molar-refractivity contribution is 7.18. The third-order valence-corrected chi connectivity index (χ3v) is 6.85. The largest absolute Gasteiger partial charge is 0.451 e. The summed E-state index contributed by atoms with van der Waals surface area (Å²) in [7, 11) is 1.71. The second-order valence-electron chi connectivity index (χ2n) is 6.32. The van der Waals surface area contributed by atoms with Gasteiger partial charge in [0.1, 0.15) is 9.88 Å². The van der Waals surface area contributed by atoms with E-state index in [4.69, 9.17) is 4.74 Å². The van der Waals surface area contributed by atoms with Crippen molar-refractivity contribution in [1.29, 1.82) is 0 Å². The van der Waals surface area contributed by atoms with Gasteiger partial charge in [0.25, 0.3) is 5.91 Å². The fourth-order valence-electron chi connectivity index (χ4n) is 2.72. The molecule has 27 heavy (non-hydrogen) atoms. The molecule has 0 radical (unpaired) electrons. The number of para-hydroxylation sites is 1. The second-order valence-corrected chi connectivity index (χ2v) is 8.64. The third kappa shape index (κ3) is 4.20. The molecule has 142 valence electrons. The fraction of sp³-hybridized carbons (Fsp3) is 0.350. The number of thiazole rings is 1. The van der Waals surface area contributed by atoms with Crippen LogP contribution in [0.1, 0.15) is 45.0 Å². The van der Waals surface area contributed by atoms with Crippen molar-refractivity contribution < 1.29 is 14.3 Å². The summed E-state index contributed by atoms with van der Waals surface area (Å²) in [5.74, 6) is -0.698. The number of aromatic nitrogens is 1. The van der Waals surface area contributed by atoms with Gasteiger partial charge in [0, 0.05) is 11.9 Å². The summed E-state index contributed by atoms with van der Waals surface area (Å²) < 4.78 is 6.32. The zero-order valence-corrected chi connectivity index (χ0v) is 17.4. The maximum Gasteiger partial charge on any atom is 0.348 e. The number of hydrogen-bond acceptors (Lipinski definition) is 6. The first kappa shape index (κ1) is 19.5. The van der Waals surface area contributed by atoms with Crippen LogP contribution >= 0.6 is 22.7 Å². The smallest absolute Gasteiger partial charge is 0.348 e. The van der Waals surface area contributed by atoms with Gasteiger partial charge in [0.05, 0.1) is 16.3 Å². The number of ether oxygens (including phenoxy) is 1. The lowest BCUT2D eigenvalue weighted by atomic mass is 10.2. The molecule has 3 rings (SSSR count). The van der Waals surface area contributed by atoms with Crippen LogP contribution in [0, 0.1) is 6.92 Å². The van der Waals surface area contributed by atoms with E-state index >= 15 is 0 Å². The molecule has 0 saturated carbocycles. The number of hydrogen-bond donors (Lipinski definition) is 0. The number of aryl methyl sites for hydroxylation is 2. The molecule has 2 aromatic heterocycles. The van der Waals surface area contributed by atoms with Gasteiger partial charge in [0.2, 0.25) is 0 Å². The third-order valence-electron chi connectivity index (χ3n) is 4.57. The molecule has 0 N–H and O–H groups in total. The van der Waals surface area contributed by atoms with Crippen molar-refractivity contribution in [1.82, 2.24) is 9.88 Å². The van der Waals surface area contributed by atoms with E-state index in [1.807, 2.05) is 51.1 Å². The van der Waals surface area contributed by atoms with Crippen LogP contribution in [-0.4, -0.2) is 35.4 Å². The average molecular weight is 403 g/mol. The second kappa shape index (κ2) is 8.19. The van der Waals surface area contributed by atoms with E-state index in [-0.39, 0.29) is 18.6 Å². The van der Waals surface area contributed by atoms with E-state index in [1.165, 1.54) is 11.3 Å². The summed E-state index contributed by atoms with van der Waals surface area (Å²) >= 11 is 2.97. The number of benzene rings is 1. The van der Waals surface area contributed by atoms with Gasteiger partial charge in [-0.2, -0.15) is 0 Å². The van der Waals surface area contributed by atoms with Gasteiger partial charge in [-0.15, -0.1) is 22.7 Å². The molecule has 0 spiro atoms. The highest BCUT2D eigenvalue weighted by Crippen LogP contribution is 2.29. The number of carbonyl (C=O) groups is 2. The highest BCUT2D eigenvalue weighted by Gasteiger charge is 2.22. The number of likely N-dealkylation sites (N-methyl/N-ethyl adjacent to an activating group) is 1. The van der Waals surface area contributed by atoms with Crippen LogP contribution in [0.3, 0.4) is 0 Å². The molecule has 0 bridgehead atoms. The molecule has 0 unspecified atom stereocenters. The van der Waals surface area contributed by atoms with Gasteiger partial charge in [0.15, 0.2) is 6.61 Å². The van der Waals surface area contributed by atoms with Crippen LogP contribution in [0.25, 0.3) is 10.2 Å². The zero-order valence-electron chi connectivity index (χ0n) is 15.8. The van der Waals surface area contributed by atoms with Crippen LogP contribution in [0.2, 0.25) is 0 Å². The van der Waals surface area contributed by atoms with Gasteiger partial charge in [-0.1, -0.05) is 19.1 Å². The predicted octanol–water partition coefficient (Wildman–Crippen LogP) is 4.61. The van der Waals surface area contributed by atoms with Crippen LogP contribution in [0.15, 0.2) is 30.3 Å². The standard InChI is InChI=1S/C20H22N2O3S2/c1-5-14-10-17(26-13(14)3)20(24)25-11-18(23)22(4)12(2)19-21-15-8-6-7-9-16(15)27-19/h6-10,12H,5,11H2,1-4H3/t12-/m0/s1. The monoisotopic (exact) mass is 402 g/mol. The van der Waals surface area contributed by atoms with Crippen molar-refractivity contribution >= 4 is 44.8 Å². The maximum atomic E-state index is 12.5. The topological polar surface area (TPSA) is 59.5 Å². The van der Waals surface area contributed by atoms with Crippen LogP contribution in [0.5, 0.6) is 0 Å². The lowest BCUT2D eigenvalue weighted by molar-refractivity contribution is -0.135. The number of carbonyl (C=O) groups excluding carboxylic acids is 2. The van der Waals surface area contributed by atoms with Gasteiger partial charge < -0.3 is 9.64 Å². The quantitative estimate of drug-likeness (QED) is 0.565. The molecule has 3 aromatic rings. The van der Waals surface area contributed by atoms with Crippen LogP contribution in [0.4, 0.5) is 0 Å². The molecule has 0 aliphatic carbocycles. The van der Waals surface area contributed by atoms with Crippen molar-refractivity contribution in [2.75, 3.05) is 13.7 Å². The Labute approximate surface area is 166 Å². The molecular weight excluding hydrogens is 380 g/mol. The summed E-state index contributed by atoms with van der Waals surface area (Å²) in [6, 6.07) is 9.55. The van der Waals surface area contributed by atoms with Crippen molar-refractivity contribution in [3.63, 3.8) is 0 Å². The minimum atomic E-state index is -0.447. The zero-order chi connectivity index (χ0) is 19.6. The van der Waals surface area contributed by atoms with Gasteiger partial charge in [-0.3, -0.25) is 4.79 Å². The summed E-state index contributed by atoms with van der Waals surface area (Å²) in [4.78, 5) is 32.5. The molecule has 5 nitrogen and oxygen atoms in total. The normalized spacial score (nSPS) is 12.1. The SMILES string of the molecule is CCc1cc(C(=O)OCC(=O)N(C)[C@@H](C)c2nc3ccccc3s2)sc1C. The van der Waals surface area contributed by atoms with Crippen molar-refractivity contribution in [3.05, 3.63) is 50.7 Å². The minimum Gasteiger partial charge on any atom is -0.451 e. The van der Waals surface area contributed by atoms with Crippen LogP contribution < -0.4 is 0 Å². The molecule has 0 aliphatic heterocycles. The van der Waals surface area contributed by atoms with Crippen molar-refractivity contribution in [3.8, 4) is 0 Å². The predicted molar refractivity (Wildman–Crippen MR) is 110 cm³/mol. The fourth-order valence-corrected chi connectivity index (χ4v) is 4.79. The van der Waals surface area contributed by atoms with Crippen molar-refractivity contribution in [2.45, 2.75) is 33.2 Å². The summed E-state index contributed by atoms with van der Waals surface area (Å²) in [6.45, 7) is 5.68. The van der Waals surface area contributed by atoms with E-state index in [2.05, 4.69) is 4.98 Å². The Bertz CT molecular complexity index is 944. The first-order valence-corrected chi connectivity index (χ1v) is 10.4. The Morgan fingerprint density at radius 2 is 2.00 bits per heavy atom. The van der Waals surface area contributed by atoms with Gasteiger partial charge >= 0.3 is 5.97 Å². The van der Waals surface area contributed by atoms with E-state index < -0.39 is 5.97 Å². The Hall–Kier alpha value is -2.25. The molecule has 1 aromatic carbocycles. The van der Waals surface area contributed by atoms with Gasteiger partial charge in [-0.25, -0.2) is 9.78 Å². The van der Waals surface area contributed by atoms with E-state index in [0.29, 0.717) is 4.88 Å². The minimum absolute atomic E-state index is 0.190. The van der Waals surface area contributed by atoms with E-state index in [0.717, 1.165) is 32.1 Å². The molecular formula is C20H22N2O3S2. The number of nitrogens with zero attached hydrogens (tertiary/aromatic N) is 2. The molecule has 0 aliphatic rings.